The van der Waals surface area contributed by atoms with Gasteiger partial charge in [0.1, 0.15) is 11.6 Å². The predicted octanol–water partition coefficient (Wildman–Crippen LogP) is 3.12. The van der Waals surface area contributed by atoms with Crippen LogP contribution < -0.4 is 10.1 Å². The smallest absolute Gasteiger partial charge is 0.225 e. The second-order valence-corrected chi connectivity index (χ2v) is 5.69. The summed E-state index contributed by atoms with van der Waals surface area (Å²) in [7, 11) is 1.64. The number of amides is 1. The van der Waals surface area contributed by atoms with Gasteiger partial charge in [-0.05, 0) is 30.0 Å². The molecule has 2 aromatic rings. The van der Waals surface area contributed by atoms with Crippen molar-refractivity contribution in [2.75, 3.05) is 12.4 Å². The zero-order chi connectivity index (χ0) is 15.9. The Hall–Kier alpha value is -2.30. The zero-order valence-electron chi connectivity index (χ0n) is 13.4. The normalized spacial score (nSPS) is 10.7. The standard InChI is InChI=1S/C17H23N3O2/c1-13(2)12-20-16(9-10-18-20)19-17(21)8-7-14-5-4-6-15(11-14)22-3/h4-6,9-11,13H,7-8,12H2,1-3H3,(H,19,21). The first-order chi connectivity index (χ1) is 10.6. The van der Waals surface area contributed by atoms with E-state index < -0.39 is 0 Å². The van der Waals surface area contributed by atoms with Crippen molar-refractivity contribution in [3.8, 4) is 5.75 Å². The van der Waals surface area contributed by atoms with E-state index in [0.717, 1.165) is 23.7 Å². The van der Waals surface area contributed by atoms with Crippen LogP contribution in [0.5, 0.6) is 5.75 Å². The van der Waals surface area contributed by atoms with Crippen molar-refractivity contribution >= 4 is 11.7 Å². The first-order valence-corrected chi connectivity index (χ1v) is 7.53. The van der Waals surface area contributed by atoms with Crippen molar-refractivity contribution in [3.05, 3.63) is 42.1 Å². The van der Waals surface area contributed by atoms with Gasteiger partial charge in [-0.15, -0.1) is 0 Å². The highest BCUT2D eigenvalue weighted by Crippen LogP contribution is 2.15. The molecule has 0 aliphatic carbocycles. The van der Waals surface area contributed by atoms with E-state index in [2.05, 4.69) is 24.3 Å². The lowest BCUT2D eigenvalue weighted by atomic mass is 10.1. The average Bonchev–Trinajstić information content (AvgIpc) is 2.91. The molecule has 22 heavy (non-hydrogen) atoms. The third kappa shape index (κ3) is 4.62. The van der Waals surface area contributed by atoms with Crippen molar-refractivity contribution in [1.29, 1.82) is 0 Å². The number of aryl methyl sites for hydroxylation is 1. The molecule has 0 saturated heterocycles. The lowest BCUT2D eigenvalue weighted by Crippen LogP contribution is -2.17. The van der Waals surface area contributed by atoms with Gasteiger partial charge < -0.3 is 10.1 Å². The van der Waals surface area contributed by atoms with Gasteiger partial charge in [0.2, 0.25) is 5.91 Å². The predicted molar refractivity (Wildman–Crippen MR) is 87.0 cm³/mol. The fraction of sp³-hybridized carbons (Fsp3) is 0.412. The number of hydrogen-bond acceptors (Lipinski definition) is 3. The maximum atomic E-state index is 12.1. The molecule has 5 heteroatoms. The van der Waals surface area contributed by atoms with Crippen LogP contribution >= 0.6 is 0 Å². The number of carbonyl (C=O) groups excluding carboxylic acids is 1. The molecule has 0 saturated carbocycles. The van der Waals surface area contributed by atoms with Crippen LogP contribution in [0.3, 0.4) is 0 Å². The second kappa shape index (κ2) is 7.64. The highest BCUT2D eigenvalue weighted by molar-refractivity contribution is 5.89. The minimum absolute atomic E-state index is 0.00618. The number of carbonyl (C=O) groups is 1. The van der Waals surface area contributed by atoms with Crippen molar-refractivity contribution in [2.24, 2.45) is 5.92 Å². The maximum Gasteiger partial charge on any atom is 0.225 e. The quantitative estimate of drug-likeness (QED) is 0.855. The Morgan fingerprint density at radius 3 is 2.91 bits per heavy atom. The minimum atomic E-state index is -0.00618. The second-order valence-electron chi connectivity index (χ2n) is 5.69. The van der Waals surface area contributed by atoms with Gasteiger partial charge in [0.25, 0.3) is 0 Å². The number of benzene rings is 1. The van der Waals surface area contributed by atoms with Gasteiger partial charge in [0, 0.05) is 19.0 Å². The van der Waals surface area contributed by atoms with Gasteiger partial charge in [0.15, 0.2) is 0 Å². The molecule has 0 spiro atoms. The Balaban J connectivity index is 1.89. The fourth-order valence-electron chi connectivity index (χ4n) is 2.22. The summed E-state index contributed by atoms with van der Waals surface area (Å²) in [5.74, 6) is 2.04. The summed E-state index contributed by atoms with van der Waals surface area (Å²) < 4.78 is 7.01. The van der Waals surface area contributed by atoms with Gasteiger partial charge in [-0.25, -0.2) is 4.68 Å². The Morgan fingerprint density at radius 1 is 1.36 bits per heavy atom. The molecule has 2 rings (SSSR count). The number of nitrogens with zero attached hydrogens (tertiary/aromatic N) is 2. The molecule has 0 aliphatic rings. The van der Waals surface area contributed by atoms with E-state index in [0.29, 0.717) is 18.8 Å². The molecule has 118 valence electrons. The Bertz CT molecular complexity index is 620. The molecule has 0 atom stereocenters. The van der Waals surface area contributed by atoms with Gasteiger partial charge in [-0.3, -0.25) is 4.79 Å². The van der Waals surface area contributed by atoms with Crippen LogP contribution in [0.4, 0.5) is 5.82 Å². The summed E-state index contributed by atoms with van der Waals surface area (Å²) in [6, 6.07) is 9.61. The van der Waals surface area contributed by atoms with E-state index in [4.69, 9.17) is 4.74 Å². The Kier molecular flexibility index (Phi) is 5.58. The highest BCUT2D eigenvalue weighted by Gasteiger charge is 2.09. The van der Waals surface area contributed by atoms with Crippen LogP contribution in [-0.4, -0.2) is 22.8 Å². The van der Waals surface area contributed by atoms with Crippen LogP contribution in [-0.2, 0) is 17.8 Å². The summed E-state index contributed by atoms with van der Waals surface area (Å²) in [5, 5.41) is 7.16. The number of aromatic nitrogens is 2. The van der Waals surface area contributed by atoms with Gasteiger partial charge in [-0.1, -0.05) is 26.0 Å². The summed E-state index contributed by atoms with van der Waals surface area (Å²) >= 11 is 0. The average molecular weight is 301 g/mol. The summed E-state index contributed by atoms with van der Waals surface area (Å²) in [6.45, 7) is 5.03. The fourth-order valence-corrected chi connectivity index (χ4v) is 2.22. The number of nitrogens with one attached hydrogen (secondary N) is 1. The molecule has 5 nitrogen and oxygen atoms in total. The molecule has 0 unspecified atom stereocenters. The van der Waals surface area contributed by atoms with Crippen LogP contribution in [0.25, 0.3) is 0 Å². The molecule has 0 radical (unpaired) electrons. The number of ether oxygens (including phenoxy) is 1. The van der Waals surface area contributed by atoms with Crippen molar-refractivity contribution < 1.29 is 9.53 Å². The first kappa shape index (κ1) is 16.1. The molecule has 1 N–H and O–H groups in total. The van der Waals surface area contributed by atoms with Crippen LogP contribution in [0.2, 0.25) is 0 Å². The SMILES string of the molecule is COc1cccc(CCC(=O)Nc2ccnn2CC(C)C)c1. The number of anilines is 1. The van der Waals surface area contributed by atoms with E-state index in [9.17, 15) is 4.79 Å². The first-order valence-electron chi connectivity index (χ1n) is 7.53. The van der Waals surface area contributed by atoms with Crippen LogP contribution in [0.15, 0.2) is 36.5 Å². The summed E-state index contributed by atoms with van der Waals surface area (Å²) in [5.41, 5.74) is 1.09. The van der Waals surface area contributed by atoms with Crippen molar-refractivity contribution in [1.82, 2.24) is 9.78 Å². The molecule has 0 fully saturated rings. The number of methoxy groups -OCH3 is 1. The minimum Gasteiger partial charge on any atom is -0.497 e. The number of hydrogen-bond donors (Lipinski definition) is 1. The van der Waals surface area contributed by atoms with Crippen LogP contribution in [0, 0.1) is 5.92 Å². The molecule has 0 aliphatic heterocycles. The van der Waals surface area contributed by atoms with Crippen molar-refractivity contribution in [2.45, 2.75) is 33.2 Å². The Morgan fingerprint density at radius 2 is 2.18 bits per heavy atom. The van der Waals surface area contributed by atoms with Crippen molar-refractivity contribution in [3.63, 3.8) is 0 Å². The summed E-state index contributed by atoms with van der Waals surface area (Å²) in [4.78, 5) is 12.1. The van der Waals surface area contributed by atoms with E-state index in [1.54, 1.807) is 13.3 Å². The highest BCUT2D eigenvalue weighted by atomic mass is 16.5. The van der Waals surface area contributed by atoms with Crippen LogP contribution in [0.1, 0.15) is 25.8 Å². The largest absolute Gasteiger partial charge is 0.497 e. The lowest BCUT2D eigenvalue weighted by Gasteiger charge is -2.11. The van der Waals surface area contributed by atoms with E-state index in [1.807, 2.05) is 35.0 Å². The lowest BCUT2D eigenvalue weighted by molar-refractivity contribution is -0.116. The third-order valence-corrected chi connectivity index (χ3v) is 3.30. The number of rotatable bonds is 7. The Labute approximate surface area is 131 Å². The molecule has 1 heterocycles. The molecule has 0 bridgehead atoms. The topological polar surface area (TPSA) is 56.1 Å². The summed E-state index contributed by atoms with van der Waals surface area (Å²) in [6.07, 6.45) is 2.82. The van der Waals surface area contributed by atoms with Gasteiger partial charge in [-0.2, -0.15) is 5.10 Å². The molecular weight excluding hydrogens is 278 g/mol. The molecule has 1 aromatic carbocycles. The molecule has 1 amide bonds. The molecular formula is C17H23N3O2. The van der Waals surface area contributed by atoms with E-state index >= 15 is 0 Å². The molecule has 1 aromatic heterocycles. The monoisotopic (exact) mass is 301 g/mol. The van der Waals surface area contributed by atoms with Gasteiger partial charge in [0.05, 0.1) is 13.3 Å². The van der Waals surface area contributed by atoms with E-state index in [-0.39, 0.29) is 5.91 Å². The van der Waals surface area contributed by atoms with Gasteiger partial charge >= 0.3 is 0 Å². The maximum absolute atomic E-state index is 12.1. The third-order valence-electron chi connectivity index (χ3n) is 3.30. The zero-order valence-corrected chi connectivity index (χ0v) is 13.4. The van der Waals surface area contributed by atoms with E-state index in [1.165, 1.54) is 0 Å².